The number of amides is 1. The van der Waals surface area contributed by atoms with Crippen molar-refractivity contribution in [3.05, 3.63) is 30.3 Å². The van der Waals surface area contributed by atoms with Gasteiger partial charge in [-0.2, -0.15) is 0 Å². The molecule has 0 atom stereocenters. The number of phenols is 1. The molecule has 1 amide bonds. The number of nitrogens with one attached hydrogen (secondary N) is 2. The SMILES string of the molecule is CC(C)(C)OC(=O)NC12CC(Nc3cc(-c4ccccc4O)nnc3N)(C1)C2. The molecule has 1 aromatic carbocycles. The predicted octanol–water partition coefficient (Wildman–Crippen LogP) is 3.04. The van der Waals surface area contributed by atoms with Crippen molar-refractivity contribution in [3.63, 3.8) is 0 Å². The molecule has 0 saturated heterocycles. The van der Waals surface area contributed by atoms with Gasteiger partial charge in [-0.15, -0.1) is 10.2 Å². The normalized spacial score (nSPS) is 25.2. The van der Waals surface area contributed by atoms with Gasteiger partial charge in [0, 0.05) is 11.1 Å². The Bertz CT molecular complexity index is 918. The number of aromatic nitrogens is 2. The molecule has 0 spiro atoms. The van der Waals surface area contributed by atoms with Crippen LogP contribution >= 0.6 is 0 Å². The van der Waals surface area contributed by atoms with E-state index in [1.807, 2.05) is 26.8 Å². The Morgan fingerprint density at radius 2 is 1.86 bits per heavy atom. The minimum atomic E-state index is -0.514. The Kier molecular flexibility index (Phi) is 3.92. The lowest BCUT2D eigenvalue weighted by atomic mass is 9.44. The van der Waals surface area contributed by atoms with Crippen LogP contribution in [0.3, 0.4) is 0 Å². The van der Waals surface area contributed by atoms with Crippen LogP contribution in [-0.2, 0) is 4.74 Å². The number of alkyl carbamates (subject to hydrolysis) is 1. The smallest absolute Gasteiger partial charge is 0.408 e. The van der Waals surface area contributed by atoms with Crippen molar-refractivity contribution in [2.24, 2.45) is 0 Å². The van der Waals surface area contributed by atoms with Crippen LogP contribution in [0.15, 0.2) is 30.3 Å². The van der Waals surface area contributed by atoms with Gasteiger partial charge in [0.05, 0.1) is 16.9 Å². The zero-order chi connectivity index (χ0) is 20.2. The lowest BCUT2D eigenvalue weighted by Gasteiger charge is -2.70. The largest absolute Gasteiger partial charge is 0.507 e. The highest BCUT2D eigenvalue weighted by atomic mass is 16.6. The van der Waals surface area contributed by atoms with E-state index < -0.39 is 5.60 Å². The van der Waals surface area contributed by atoms with Crippen LogP contribution in [0.1, 0.15) is 40.0 Å². The van der Waals surface area contributed by atoms with E-state index in [2.05, 4.69) is 20.8 Å². The van der Waals surface area contributed by atoms with Crippen molar-refractivity contribution >= 4 is 17.6 Å². The summed E-state index contributed by atoms with van der Waals surface area (Å²) in [6.07, 6.45) is 2.01. The third-order valence-electron chi connectivity index (χ3n) is 5.20. The van der Waals surface area contributed by atoms with E-state index >= 15 is 0 Å². The number of phenolic OH excluding ortho intramolecular Hbond substituents is 1. The third kappa shape index (κ3) is 3.30. The Morgan fingerprint density at radius 3 is 2.50 bits per heavy atom. The minimum Gasteiger partial charge on any atom is -0.507 e. The number of para-hydroxylation sites is 1. The van der Waals surface area contributed by atoms with E-state index in [0.717, 1.165) is 19.3 Å². The van der Waals surface area contributed by atoms with Crippen LogP contribution in [0.4, 0.5) is 16.3 Å². The first-order valence-electron chi connectivity index (χ1n) is 9.30. The van der Waals surface area contributed by atoms with E-state index in [0.29, 0.717) is 22.8 Å². The molecule has 8 heteroatoms. The van der Waals surface area contributed by atoms with Crippen molar-refractivity contribution in [2.45, 2.75) is 56.7 Å². The van der Waals surface area contributed by atoms with Gasteiger partial charge in [-0.25, -0.2) is 4.79 Å². The molecule has 3 aliphatic carbocycles. The minimum absolute atomic E-state index is 0.109. The van der Waals surface area contributed by atoms with E-state index in [-0.39, 0.29) is 22.9 Å². The number of hydrogen-bond acceptors (Lipinski definition) is 7. The van der Waals surface area contributed by atoms with Crippen LogP contribution in [0, 0.1) is 0 Å². The predicted molar refractivity (Wildman–Crippen MR) is 106 cm³/mol. The first-order chi connectivity index (χ1) is 13.1. The van der Waals surface area contributed by atoms with Crippen molar-refractivity contribution in [2.75, 3.05) is 11.1 Å². The molecule has 8 nitrogen and oxygen atoms in total. The molecule has 2 aromatic rings. The fraction of sp³-hybridized carbons (Fsp3) is 0.450. The fourth-order valence-corrected chi connectivity index (χ4v) is 4.18. The monoisotopic (exact) mass is 383 g/mol. The van der Waals surface area contributed by atoms with Crippen LogP contribution in [0.5, 0.6) is 5.75 Å². The Balaban J connectivity index is 1.43. The summed E-state index contributed by atoms with van der Waals surface area (Å²) in [5.74, 6) is 0.441. The van der Waals surface area contributed by atoms with Gasteiger partial charge in [0.1, 0.15) is 11.4 Å². The standard InChI is InChI=1S/C20H25N5O3/c1-18(2,3)28-17(27)23-20-9-19(10-20,11-20)22-14-8-13(24-25-16(14)21)12-6-4-5-7-15(12)26/h4-8,26H,9-11H2,1-3H3,(H2,21,25)(H,22,24)(H,23,27). The number of carbonyl (C=O) groups is 1. The second-order valence-electron chi connectivity index (χ2n) is 8.89. The summed E-state index contributed by atoms with van der Waals surface area (Å²) >= 11 is 0. The summed E-state index contributed by atoms with van der Waals surface area (Å²) in [5.41, 5.74) is 7.00. The van der Waals surface area contributed by atoms with Gasteiger partial charge in [0.2, 0.25) is 0 Å². The molecule has 28 heavy (non-hydrogen) atoms. The van der Waals surface area contributed by atoms with Crippen LogP contribution in [0.25, 0.3) is 11.3 Å². The van der Waals surface area contributed by atoms with Crippen molar-refractivity contribution in [1.82, 2.24) is 15.5 Å². The van der Waals surface area contributed by atoms with E-state index in [9.17, 15) is 9.90 Å². The van der Waals surface area contributed by atoms with Gasteiger partial charge in [0.15, 0.2) is 5.82 Å². The van der Waals surface area contributed by atoms with E-state index in [1.165, 1.54) is 0 Å². The number of anilines is 2. The third-order valence-corrected chi connectivity index (χ3v) is 5.20. The molecule has 3 saturated carbocycles. The summed E-state index contributed by atoms with van der Waals surface area (Å²) in [5, 5.41) is 24.6. The van der Waals surface area contributed by atoms with Crippen LogP contribution in [0.2, 0.25) is 0 Å². The summed E-state index contributed by atoms with van der Waals surface area (Å²) < 4.78 is 5.35. The number of hydrogen-bond donors (Lipinski definition) is 4. The molecule has 2 bridgehead atoms. The molecule has 148 valence electrons. The average Bonchev–Trinajstić information content (AvgIpc) is 2.52. The first kappa shape index (κ1) is 18.3. The maximum atomic E-state index is 12.0. The first-order valence-corrected chi connectivity index (χ1v) is 9.30. The molecule has 3 aliphatic rings. The average molecular weight is 383 g/mol. The quantitative estimate of drug-likeness (QED) is 0.640. The second-order valence-corrected chi connectivity index (χ2v) is 8.89. The van der Waals surface area contributed by atoms with Crippen molar-refractivity contribution in [1.29, 1.82) is 0 Å². The highest BCUT2D eigenvalue weighted by Gasteiger charge is 2.69. The molecule has 5 rings (SSSR count). The number of nitrogen functional groups attached to an aromatic ring is 1. The van der Waals surface area contributed by atoms with Crippen LogP contribution in [-0.4, -0.2) is 38.1 Å². The number of carbonyl (C=O) groups excluding carboxylic acids is 1. The van der Waals surface area contributed by atoms with Gasteiger partial charge in [-0.3, -0.25) is 0 Å². The lowest BCUT2D eigenvalue weighted by Crippen LogP contribution is -2.81. The maximum Gasteiger partial charge on any atom is 0.408 e. The lowest BCUT2D eigenvalue weighted by molar-refractivity contribution is -0.0658. The highest BCUT2D eigenvalue weighted by molar-refractivity contribution is 5.75. The Labute approximate surface area is 163 Å². The zero-order valence-corrected chi connectivity index (χ0v) is 16.2. The molecule has 3 fully saturated rings. The molecule has 0 unspecified atom stereocenters. The number of nitrogens with zero attached hydrogens (tertiary/aromatic N) is 2. The van der Waals surface area contributed by atoms with Gasteiger partial charge >= 0.3 is 6.09 Å². The van der Waals surface area contributed by atoms with Crippen molar-refractivity contribution < 1.29 is 14.6 Å². The molecule has 1 aromatic heterocycles. The molecule has 0 radical (unpaired) electrons. The van der Waals surface area contributed by atoms with Gasteiger partial charge in [-0.05, 0) is 58.2 Å². The number of aromatic hydroxyl groups is 1. The summed E-state index contributed by atoms with van der Waals surface area (Å²) in [7, 11) is 0. The fourth-order valence-electron chi connectivity index (χ4n) is 4.18. The highest BCUT2D eigenvalue weighted by Crippen LogP contribution is 2.62. The number of ether oxygens (including phenoxy) is 1. The summed E-state index contributed by atoms with van der Waals surface area (Å²) in [6, 6.07) is 8.76. The molecular formula is C20H25N5O3. The summed E-state index contributed by atoms with van der Waals surface area (Å²) in [4.78, 5) is 12.0. The van der Waals surface area contributed by atoms with Crippen LogP contribution < -0.4 is 16.4 Å². The molecular weight excluding hydrogens is 358 g/mol. The molecule has 1 heterocycles. The van der Waals surface area contributed by atoms with Gasteiger partial charge in [-0.1, -0.05) is 12.1 Å². The number of benzene rings is 1. The van der Waals surface area contributed by atoms with Crippen molar-refractivity contribution in [3.8, 4) is 17.0 Å². The maximum absolute atomic E-state index is 12.0. The Hall–Kier alpha value is -3.03. The second kappa shape index (κ2) is 5.98. The van der Waals surface area contributed by atoms with Gasteiger partial charge in [0.25, 0.3) is 0 Å². The Morgan fingerprint density at radius 1 is 1.18 bits per heavy atom. The molecule has 5 N–H and O–H groups in total. The van der Waals surface area contributed by atoms with Gasteiger partial charge < -0.3 is 26.2 Å². The topological polar surface area (TPSA) is 122 Å². The zero-order valence-electron chi connectivity index (χ0n) is 16.2. The summed E-state index contributed by atoms with van der Waals surface area (Å²) in [6.45, 7) is 5.54. The molecule has 0 aliphatic heterocycles. The number of nitrogens with two attached hydrogens (primary N) is 1. The van der Waals surface area contributed by atoms with E-state index in [1.54, 1.807) is 24.3 Å². The van der Waals surface area contributed by atoms with E-state index in [4.69, 9.17) is 10.5 Å². The number of rotatable bonds is 4.